The fraction of sp³-hybridized carbons (Fsp3) is 0. The maximum Gasteiger partial charge on any atom is 0.0893 e. The molecule has 1 heterocycles. The maximum atomic E-state index is 4.93. The standard InChI is InChI=1S/C26H18N2/c1-2-9-20(10-3-1)23-16-17-24(28-26-13-7-6-12-25(26)27-23)22-15-14-19-8-4-5-11-21(19)18-22/h1-18H/b17-16-,23-16?,24-17?,27-23?,27-25?,28-24?,28-26?. The molecule has 0 radical (unpaired) electrons. The van der Waals surface area contributed by atoms with Crippen molar-refractivity contribution >= 4 is 33.6 Å². The smallest absolute Gasteiger partial charge is 0.0893 e. The molecule has 4 aromatic carbocycles. The van der Waals surface area contributed by atoms with E-state index in [1.165, 1.54) is 10.8 Å². The Hall–Kier alpha value is -3.78. The second kappa shape index (κ2) is 7.09. The highest BCUT2D eigenvalue weighted by atomic mass is 14.8. The van der Waals surface area contributed by atoms with Crippen LogP contribution < -0.4 is 0 Å². The van der Waals surface area contributed by atoms with Crippen LogP contribution in [0.2, 0.25) is 0 Å². The number of hydrogen-bond donors (Lipinski definition) is 0. The second-order valence-electron chi connectivity index (χ2n) is 6.74. The van der Waals surface area contributed by atoms with Crippen LogP contribution in [0.15, 0.2) is 119 Å². The first-order chi connectivity index (χ1) is 13.9. The minimum absolute atomic E-state index is 0.878. The molecule has 4 aromatic rings. The zero-order valence-electron chi connectivity index (χ0n) is 15.3. The molecule has 0 saturated carbocycles. The number of rotatable bonds is 2. The van der Waals surface area contributed by atoms with Crippen molar-refractivity contribution in [2.45, 2.75) is 0 Å². The minimum atomic E-state index is 0.878. The lowest BCUT2D eigenvalue weighted by atomic mass is 10.0. The number of allylic oxidation sites excluding steroid dienone is 2. The quantitative estimate of drug-likeness (QED) is 0.383. The molecular weight excluding hydrogens is 340 g/mol. The summed E-state index contributed by atoms with van der Waals surface area (Å²) >= 11 is 0. The van der Waals surface area contributed by atoms with Crippen LogP contribution in [0.5, 0.6) is 0 Å². The largest absolute Gasteiger partial charge is 0.246 e. The molecule has 5 rings (SSSR count). The van der Waals surface area contributed by atoms with Gasteiger partial charge in [0.2, 0.25) is 0 Å². The summed E-state index contributed by atoms with van der Waals surface area (Å²) in [6.07, 6.45) is 4.12. The molecule has 0 aromatic heterocycles. The number of benzene rings is 4. The third-order valence-corrected chi connectivity index (χ3v) is 4.88. The van der Waals surface area contributed by atoms with E-state index < -0.39 is 0 Å². The average Bonchev–Trinajstić information content (AvgIpc) is 2.74. The van der Waals surface area contributed by atoms with Crippen LogP contribution in [0.1, 0.15) is 11.1 Å². The van der Waals surface area contributed by atoms with Gasteiger partial charge in [-0.3, -0.25) is 0 Å². The number of aliphatic imine (C=N–C) groups is 2. The molecule has 0 saturated heterocycles. The predicted octanol–water partition coefficient (Wildman–Crippen LogP) is 6.65. The lowest BCUT2D eigenvalue weighted by molar-refractivity contribution is 1.42. The van der Waals surface area contributed by atoms with Gasteiger partial charge in [0, 0.05) is 11.1 Å². The van der Waals surface area contributed by atoms with Gasteiger partial charge in [0.05, 0.1) is 22.8 Å². The Morgan fingerprint density at radius 1 is 0.429 bits per heavy atom. The van der Waals surface area contributed by atoms with Gasteiger partial charge >= 0.3 is 0 Å². The molecule has 1 aliphatic rings. The van der Waals surface area contributed by atoms with Gasteiger partial charge in [0.25, 0.3) is 0 Å². The first-order valence-corrected chi connectivity index (χ1v) is 9.36. The first kappa shape index (κ1) is 16.4. The van der Waals surface area contributed by atoms with Gasteiger partial charge in [-0.05, 0) is 41.1 Å². The molecule has 2 nitrogen and oxygen atoms in total. The van der Waals surface area contributed by atoms with E-state index in [9.17, 15) is 0 Å². The molecule has 132 valence electrons. The van der Waals surface area contributed by atoms with Crippen molar-refractivity contribution in [3.63, 3.8) is 0 Å². The van der Waals surface area contributed by atoms with Crippen molar-refractivity contribution in [1.29, 1.82) is 0 Å². The molecular formula is C26H18N2. The van der Waals surface area contributed by atoms with Gasteiger partial charge in [-0.25, -0.2) is 9.98 Å². The first-order valence-electron chi connectivity index (χ1n) is 9.36. The van der Waals surface area contributed by atoms with Crippen LogP contribution in [-0.2, 0) is 0 Å². The Morgan fingerprint density at radius 3 is 1.71 bits per heavy atom. The molecule has 0 atom stereocenters. The van der Waals surface area contributed by atoms with E-state index >= 15 is 0 Å². The maximum absolute atomic E-state index is 4.93. The molecule has 28 heavy (non-hydrogen) atoms. The third kappa shape index (κ3) is 3.17. The van der Waals surface area contributed by atoms with Gasteiger partial charge in [-0.2, -0.15) is 0 Å². The fourth-order valence-electron chi connectivity index (χ4n) is 3.42. The lowest BCUT2D eigenvalue weighted by Crippen LogP contribution is -2.03. The molecule has 0 spiro atoms. The summed E-state index contributed by atoms with van der Waals surface area (Å²) in [7, 11) is 0. The van der Waals surface area contributed by atoms with E-state index in [2.05, 4.69) is 66.7 Å². The van der Waals surface area contributed by atoms with E-state index in [-0.39, 0.29) is 0 Å². The summed E-state index contributed by atoms with van der Waals surface area (Å²) < 4.78 is 0. The van der Waals surface area contributed by atoms with Crippen molar-refractivity contribution in [1.82, 2.24) is 0 Å². The van der Waals surface area contributed by atoms with Crippen LogP contribution in [0, 0.1) is 0 Å². The average molecular weight is 358 g/mol. The molecule has 0 unspecified atom stereocenters. The Balaban J connectivity index is 1.67. The summed E-state index contributed by atoms with van der Waals surface area (Å²) in [5.41, 5.74) is 5.81. The monoisotopic (exact) mass is 358 g/mol. The normalized spacial score (nSPS) is 14.4. The molecule has 0 amide bonds. The summed E-state index contributed by atoms with van der Waals surface area (Å²) in [6.45, 7) is 0. The van der Waals surface area contributed by atoms with Crippen molar-refractivity contribution in [2.75, 3.05) is 0 Å². The van der Waals surface area contributed by atoms with Crippen LogP contribution in [0.25, 0.3) is 10.8 Å². The summed E-state index contributed by atoms with van der Waals surface area (Å²) in [5, 5.41) is 2.44. The summed E-state index contributed by atoms with van der Waals surface area (Å²) in [4.78, 5) is 9.80. The molecule has 2 heteroatoms. The third-order valence-electron chi connectivity index (χ3n) is 4.88. The minimum Gasteiger partial charge on any atom is -0.246 e. The Labute approximate surface area is 164 Å². The van der Waals surface area contributed by atoms with Crippen LogP contribution in [-0.4, -0.2) is 11.4 Å². The Kier molecular flexibility index (Phi) is 4.15. The highest BCUT2D eigenvalue weighted by molar-refractivity contribution is 6.18. The molecule has 0 bridgehead atoms. The SMILES string of the molecule is C1=C\C(c2ccc3ccccc3c2)=Nc2ccccc2N=C/1c1ccccc1. The van der Waals surface area contributed by atoms with E-state index in [0.29, 0.717) is 0 Å². The van der Waals surface area contributed by atoms with Gasteiger partial charge in [0.15, 0.2) is 0 Å². The zero-order chi connectivity index (χ0) is 18.8. The number of fused-ring (bicyclic) bond motifs is 2. The van der Waals surface area contributed by atoms with Crippen molar-refractivity contribution in [3.8, 4) is 0 Å². The number of nitrogens with zero attached hydrogens (tertiary/aromatic N) is 2. The molecule has 1 aliphatic heterocycles. The fourth-order valence-corrected chi connectivity index (χ4v) is 3.42. The van der Waals surface area contributed by atoms with Gasteiger partial charge in [-0.15, -0.1) is 0 Å². The Bertz CT molecular complexity index is 1250. The topological polar surface area (TPSA) is 24.7 Å². The number of para-hydroxylation sites is 2. The lowest BCUT2D eigenvalue weighted by Gasteiger charge is -2.11. The van der Waals surface area contributed by atoms with Crippen molar-refractivity contribution in [2.24, 2.45) is 9.98 Å². The summed E-state index contributed by atoms with van der Waals surface area (Å²) in [6, 6.07) is 33.2. The van der Waals surface area contributed by atoms with E-state index in [4.69, 9.17) is 9.98 Å². The van der Waals surface area contributed by atoms with E-state index in [0.717, 1.165) is 33.9 Å². The predicted molar refractivity (Wildman–Crippen MR) is 118 cm³/mol. The van der Waals surface area contributed by atoms with E-state index in [1.807, 2.05) is 42.5 Å². The number of hydrogen-bond acceptors (Lipinski definition) is 2. The van der Waals surface area contributed by atoms with Gasteiger partial charge in [-0.1, -0.05) is 78.9 Å². The van der Waals surface area contributed by atoms with E-state index in [1.54, 1.807) is 0 Å². The highest BCUT2D eigenvalue weighted by Crippen LogP contribution is 2.31. The molecule has 0 N–H and O–H groups in total. The summed E-state index contributed by atoms with van der Waals surface area (Å²) in [5.74, 6) is 0. The zero-order valence-corrected chi connectivity index (χ0v) is 15.3. The second-order valence-corrected chi connectivity index (χ2v) is 6.74. The Morgan fingerprint density at radius 2 is 1.00 bits per heavy atom. The van der Waals surface area contributed by atoms with Crippen molar-refractivity contribution < 1.29 is 0 Å². The highest BCUT2D eigenvalue weighted by Gasteiger charge is 2.10. The van der Waals surface area contributed by atoms with Crippen LogP contribution in [0.4, 0.5) is 11.4 Å². The van der Waals surface area contributed by atoms with Gasteiger partial charge in [0.1, 0.15) is 0 Å². The molecule has 0 fully saturated rings. The molecule has 0 aliphatic carbocycles. The van der Waals surface area contributed by atoms with Crippen LogP contribution in [0.3, 0.4) is 0 Å². The van der Waals surface area contributed by atoms with Crippen molar-refractivity contribution in [3.05, 3.63) is 120 Å². The van der Waals surface area contributed by atoms with Gasteiger partial charge < -0.3 is 0 Å². The van der Waals surface area contributed by atoms with Crippen LogP contribution >= 0.6 is 0 Å².